The van der Waals surface area contributed by atoms with Gasteiger partial charge in [0.1, 0.15) is 11.6 Å². The standard InChI is InChI=1S/C11H18N4O3/c1-3-18-6-4-5-14-8(2)9(7-12)10(16)15-11(13)17/h14H,3-6H2,1-2H3,(H3,13,15,16,17)/b9-8-. The number of urea groups is 1. The summed E-state index contributed by atoms with van der Waals surface area (Å²) < 4.78 is 5.14. The van der Waals surface area contributed by atoms with Crippen LogP contribution in [0.3, 0.4) is 0 Å². The Kier molecular flexibility index (Phi) is 7.98. The lowest BCUT2D eigenvalue weighted by atomic mass is 10.2. The van der Waals surface area contributed by atoms with E-state index in [1.807, 2.05) is 12.2 Å². The summed E-state index contributed by atoms with van der Waals surface area (Å²) in [6.45, 7) is 5.31. The van der Waals surface area contributed by atoms with Crippen LogP contribution in [0.2, 0.25) is 0 Å². The van der Waals surface area contributed by atoms with Gasteiger partial charge < -0.3 is 15.8 Å². The molecule has 7 heteroatoms. The van der Waals surface area contributed by atoms with E-state index in [2.05, 4.69) is 5.32 Å². The Bertz CT molecular complexity index is 371. The summed E-state index contributed by atoms with van der Waals surface area (Å²) in [6.07, 6.45) is 0.751. The van der Waals surface area contributed by atoms with Crippen LogP contribution in [-0.4, -0.2) is 31.7 Å². The molecule has 0 aliphatic carbocycles. The van der Waals surface area contributed by atoms with E-state index < -0.39 is 11.9 Å². The third-order valence-corrected chi connectivity index (χ3v) is 2.01. The molecule has 0 spiro atoms. The number of primary amides is 1. The monoisotopic (exact) mass is 254 g/mol. The Balaban J connectivity index is 4.32. The highest BCUT2D eigenvalue weighted by molar-refractivity contribution is 6.06. The SMILES string of the molecule is CCOCCCN/C(C)=C(/C#N)C(=O)NC(N)=O. The van der Waals surface area contributed by atoms with Gasteiger partial charge in [-0.2, -0.15) is 5.26 Å². The van der Waals surface area contributed by atoms with Crippen LogP contribution in [0.25, 0.3) is 0 Å². The van der Waals surface area contributed by atoms with Crippen LogP contribution in [0.1, 0.15) is 20.3 Å². The number of allylic oxidation sites excluding steroid dienone is 1. The van der Waals surface area contributed by atoms with Gasteiger partial charge in [-0.1, -0.05) is 0 Å². The highest BCUT2D eigenvalue weighted by Gasteiger charge is 2.13. The van der Waals surface area contributed by atoms with E-state index in [1.165, 1.54) is 0 Å². The van der Waals surface area contributed by atoms with Crippen molar-refractivity contribution in [3.63, 3.8) is 0 Å². The minimum absolute atomic E-state index is 0.162. The number of ether oxygens (including phenoxy) is 1. The maximum absolute atomic E-state index is 11.4. The Morgan fingerprint density at radius 2 is 2.11 bits per heavy atom. The lowest BCUT2D eigenvalue weighted by Gasteiger charge is -2.08. The Morgan fingerprint density at radius 3 is 2.61 bits per heavy atom. The number of carbonyl (C=O) groups is 2. The number of hydrogen-bond donors (Lipinski definition) is 3. The van der Waals surface area contributed by atoms with Crippen molar-refractivity contribution in [1.82, 2.24) is 10.6 Å². The molecule has 0 fully saturated rings. The number of imide groups is 1. The van der Waals surface area contributed by atoms with Gasteiger partial charge in [-0.05, 0) is 20.3 Å². The lowest BCUT2D eigenvalue weighted by molar-refractivity contribution is -0.116. The molecule has 3 amide bonds. The molecule has 0 saturated heterocycles. The molecule has 0 aromatic heterocycles. The average Bonchev–Trinajstić information content (AvgIpc) is 2.28. The van der Waals surface area contributed by atoms with Crippen LogP contribution < -0.4 is 16.4 Å². The molecule has 0 unspecified atom stereocenters. The van der Waals surface area contributed by atoms with Crippen LogP contribution in [-0.2, 0) is 9.53 Å². The number of nitriles is 1. The maximum Gasteiger partial charge on any atom is 0.319 e. The third-order valence-electron chi connectivity index (χ3n) is 2.01. The number of nitrogens with one attached hydrogen (secondary N) is 2. The maximum atomic E-state index is 11.4. The normalized spacial score (nSPS) is 11.2. The summed E-state index contributed by atoms with van der Waals surface area (Å²) in [7, 11) is 0. The van der Waals surface area contributed by atoms with E-state index in [-0.39, 0.29) is 5.57 Å². The number of nitrogens with zero attached hydrogens (tertiary/aromatic N) is 1. The van der Waals surface area contributed by atoms with Crippen LogP contribution >= 0.6 is 0 Å². The molecule has 0 atom stereocenters. The van der Waals surface area contributed by atoms with E-state index >= 15 is 0 Å². The van der Waals surface area contributed by atoms with Gasteiger partial charge in [0.15, 0.2) is 0 Å². The molecule has 100 valence electrons. The van der Waals surface area contributed by atoms with Crippen molar-refractivity contribution in [3.05, 3.63) is 11.3 Å². The van der Waals surface area contributed by atoms with Gasteiger partial charge in [0, 0.05) is 25.5 Å². The van der Waals surface area contributed by atoms with Crippen molar-refractivity contribution >= 4 is 11.9 Å². The second-order valence-electron chi connectivity index (χ2n) is 3.41. The number of hydrogen-bond acceptors (Lipinski definition) is 5. The Hall–Kier alpha value is -2.07. The topological polar surface area (TPSA) is 117 Å². The predicted octanol–water partition coefficient (Wildman–Crippen LogP) is -0.00492. The van der Waals surface area contributed by atoms with E-state index in [0.29, 0.717) is 25.5 Å². The fraction of sp³-hybridized carbons (Fsp3) is 0.545. The fourth-order valence-corrected chi connectivity index (χ4v) is 1.16. The molecule has 4 N–H and O–H groups in total. The van der Waals surface area contributed by atoms with Crippen LogP contribution in [0, 0.1) is 11.3 Å². The summed E-state index contributed by atoms with van der Waals surface area (Å²) >= 11 is 0. The molecule has 0 aliphatic heterocycles. The molecule has 0 aromatic rings. The first-order valence-electron chi connectivity index (χ1n) is 5.56. The molecule has 0 bridgehead atoms. The number of amides is 3. The summed E-state index contributed by atoms with van der Waals surface area (Å²) in [5, 5.41) is 13.6. The first-order chi connectivity index (χ1) is 8.52. The van der Waals surface area contributed by atoms with E-state index in [0.717, 1.165) is 6.42 Å². The molecular weight excluding hydrogens is 236 g/mol. The average molecular weight is 254 g/mol. The number of carbonyl (C=O) groups excluding carboxylic acids is 2. The van der Waals surface area contributed by atoms with E-state index in [4.69, 9.17) is 15.7 Å². The molecular formula is C11H18N4O3. The molecule has 7 nitrogen and oxygen atoms in total. The Morgan fingerprint density at radius 1 is 1.44 bits per heavy atom. The highest BCUT2D eigenvalue weighted by Crippen LogP contribution is 2.00. The molecule has 0 rings (SSSR count). The molecule has 0 saturated carbocycles. The molecule has 0 aliphatic rings. The molecule has 0 radical (unpaired) electrons. The molecule has 18 heavy (non-hydrogen) atoms. The van der Waals surface area contributed by atoms with Crippen molar-refractivity contribution in [2.45, 2.75) is 20.3 Å². The number of nitrogens with two attached hydrogens (primary N) is 1. The minimum atomic E-state index is -0.989. The van der Waals surface area contributed by atoms with Gasteiger partial charge in [0.05, 0.1) is 0 Å². The fourth-order valence-electron chi connectivity index (χ4n) is 1.16. The van der Waals surface area contributed by atoms with E-state index in [9.17, 15) is 9.59 Å². The zero-order valence-electron chi connectivity index (χ0n) is 10.6. The van der Waals surface area contributed by atoms with Crippen molar-refractivity contribution in [2.24, 2.45) is 5.73 Å². The summed E-state index contributed by atoms with van der Waals surface area (Å²) in [4.78, 5) is 21.9. The summed E-state index contributed by atoms with van der Waals surface area (Å²) in [5.74, 6) is -0.806. The van der Waals surface area contributed by atoms with Crippen molar-refractivity contribution in [2.75, 3.05) is 19.8 Å². The van der Waals surface area contributed by atoms with Crippen LogP contribution in [0.5, 0.6) is 0 Å². The van der Waals surface area contributed by atoms with E-state index in [1.54, 1.807) is 13.0 Å². The smallest absolute Gasteiger partial charge is 0.319 e. The summed E-state index contributed by atoms with van der Waals surface area (Å²) in [5.41, 5.74) is 5.04. The first-order valence-corrected chi connectivity index (χ1v) is 5.56. The lowest BCUT2D eigenvalue weighted by Crippen LogP contribution is -2.36. The van der Waals surface area contributed by atoms with Gasteiger partial charge in [0.25, 0.3) is 5.91 Å². The molecule has 0 aromatic carbocycles. The van der Waals surface area contributed by atoms with Gasteiger partial charge >= 0.3 is 6.03 Å². The third kappa shape index (κ3) is 6.50. The van der Waals surface area contributed by atoms with Gasteiger partial charge in [-0.25, -0.2) is 4.79 Å². The zero-order valence-corrected chi connectivity index (χ0v) is 10.6. The van der Waals surface area contributed by atoms with Crippen LogP contribution in [0.4, 0.5) is 4.79 Å². The van der Waals surface area contributed by atoms with Crippen molar-refractivity contribution in [1.29, 1.82) is 5.26 Å². The first kappa shape index (κ1) is 15.9. The van der Waals surface area contributed by atoms with Gasteiger partial charge in [0.2, 0.25) is 0 Å². The number of rotatable bonds is 7. The van der Waals surface area contributed by atoms with Crippen molar-refractivity contribution < 1.29 is 14.3 Å². The highest BCUT2D eigenvalue weighted by atomic mass is 16.5. The van der Waals surface area contributed by atoms with Crippen LogP contribution in [0.15, 0.2) is 11.3 Å². The van der Waals surface area contributed by atoms with Crippen molar-refractivity contribution in [3.8, 4) is 6.07 Å². The molecule has 0 heterocycles. The predicted molar refractivity (Wildman–Crippen MR) is 65.2 cm³/mol. The second-order valence-corrected chi connectivity index (χ2v) is 3.41. The largest absolute Gasteiger partial charge is 0.387 e. The van der Waals surface area contributed by atoms with Gasteiger partial charge in [-0.3, -0.25) is 10.1 Å². The second kappa shape index (κ2) is 9.01. The van der Waals surface area contributed by atoms with Gasteiger partial charge in [-0.15, -0.1) is 0 Å². The zero-order chi connectivity index (χ0) is 14.0. The quantitative estimate of drug-likeness (QED) is 0.335. The Labute approximate surface area is 106 Å². The minimum Gasteiger partial charge on any atom is -0.387 e. The summed E-state index contributed by atoms with van der Waals surface area (Å²) in [6, 6.07) is 0.736.